The Morgan fingerprint density at radius 2 is 2.00 bits per heavy atom. The predicted molar refractivity (Wildman–Crippen MR) is 98.3 cm³/mol. The van der Waals surface area contributed by atoms with E-state index in [1.165, 1.54) is 0 Å². The summed E-state index contributed by atoms with van der Waals surface area (Å²) in [7, 11) is 0. The molecule has 1 heterocycles. The number of rotatable bonds is 9. The van der Waals surface area contributed by atoms with Crippen molar-refractivity contribution >= 4 is 11.9 Å². The summed E-state index contributed by atoms with van der Waals surface area (Å²) in [6, 6.07) is 7.10. The molecular weight excluding hydrogens is 334 g/mol. The summed E-state index contributed by atoms with van der Waals surface area (Å²) in [5, 5.41) is 0. The highest BCUT2D eigenvalue weighted by atomic mass is 16.5. The van der Waals surface area contributed by atoms with Crippen LogP contribution < -0.4 is 4.74 Å². The monoisotopic (exact) mass is 363 g/mol. The van der Waals surface area contributed by atoms with Crippen LogP contribution in [0.4, 0.5) is 0 Å². The van der Waals surface area contributed by atoms with Gasteiger partial charge in [-0.05, 0) is 57.9 Å². The number of amides is 1. The van der Waals surface area contributed by atoms with Gasteiger partial charge in [-0.1, -0.05) is 0 Å². The number of ether oxygens (including phenoxy) is 3. The minimum atomic E-state index is -0.293. The predicted octanol–water partition coefficient (Wildman–Crippen LogP) is 3.05. The quantitative estimate of drug-likeness (QED) is 0.631. The Hall–Kier alpha value is -2.08. The third-order valence-electron chi connectivity index (χ3n) is 4.10. The zero-order chi connectivity index (χ0) is 18.9. The molecule has 0 radical (unpaired) electrons. The van der Waals surface area contributed by atoms with Gasteiger partial charge in [0.25, 0.3) is 5.91 Å². The first-order chi connectivity index (χ1) is 12.5. The molecule has 1 atom stereocenters. The van der Waals surface area contributed by atoms with Gasteiger partial charge in [0, 0.05) is 25.3 Å². The molecular formula is C20H29NO5. The molecule has 1 saturated heterocycles. The fourth-order valence-electron chi connectivity index (χ4n) is 2.90. The van der Waals surface area contributed by atoms with E-state index in [1.807, 2.05) is 13.8 Å². The molecule has 1 aromatic rings. The standard InChI is InChI=1S/C20H29NO5/c1-4-24-19(22)11-12-21(14-18-6-5-13-25-18)20(23)16-7-9-17(10-8-16)26-15(2)3/h7-10,15,18H,4-6,11-14H2,1-3H3. The Morgan fingerprint density at radius 1 is 1.27 bits per heavy atom. The Kier molecular flexibility index (Phi) is 7.91. The van der Waals surface area contributed by atoms with Crippen molar-refractivity contribution < 1.29 is 23.8 Å². The molecule has 1 fully saturated rings. The number of hydrogen-bond acceptors (Lipinski definition) is 5. The summed E-state index contributed by atoms with van der Waals surface area (Å²) in [5.41, 5.74) is 0.572. The van der Waals surface area contributed by atoms with Gasteiger partial charge in [-0.15, -0.1) is 0 Å². The number of benzene rings is 1. The topological polar surface area (TPSA) is 65.1 Å². The zero-order valence-electron chi connectivity index (χ0n) is 15.9. The van der Waals surface area contributed by atoms with Gasteiger partial charge in [-0.2, -0.15) is 0 Å². The van der Waals surface area contributed by atoms with Gasteiger partial charge in [-0.3, -0.25) is 9.59 Å². The van der Waals surface area contributed by atoms with E-state index < -0.39 is 0 Å². The summed E-state index contributed by atoms with van der Waals surface area (Å²) in [6.07, 6.45) is 2.23. The Bertz CT molecular complexity index is 578. The molecule has 2 rings (SSSR count). The third-order valence-corrected chi connectivity index (χ3v) is 4.10. The van der Waals surface area contributed by atoms with Crippen LogP contribution in [0.25, 0.3) is 0 Å². The summed E-state index contributed by atoms with van der Waals surface area (Å²) in [6.45, 7) is 7.56. The maximum Gasteiger partial charge on any atom is 0.307 e. The maximum absolute atomic E-state index is 12.9. The lowest BCUT2D eigenvalue weighted by molar-refractivity contribution is -0.143. The summed E-state index contributed by atoms with van der Waals surface area (Å²) >= 11 is 0. The highest BCUT2D eigenvalue weighted by molar-refractivity contribution is 5.94. The van der Waals surface area contributed by atoms with E-state index in [2.05, 4.69) is 0 Å². The van der Waals surface area contributed by atoms with Crippen molar-refractivity contribution in [3.05, 3.63) is 29.8 Å². The minimum absolute atomic E-state index is 0.0321. The van der Waals surface area contributed by atoms with E-state index in [9.17, 15) is 9.59 Å². The number of nitrogens with zero attached hydrogens (tertiary/aromatic N) is 1. The number of carbonyl (C=O) groups is 2. The van der Waals surface area contributed by atoms with Gasteiger partial charge in [-0.25, -0.2) is 0 Å². The van der Waals surface area contributed by atoms with Crippen molar-refractivity contribution in [3.63, 3.8) is 0 Å². The second-order valence-electron chi connectivity index (χ2n) is 6.63. The molecule has 6 heteroatoms. The first kappa shape index (κ1) is 20.2. The highest BCUT2D eigenvalue weighted by Gasteiger charge is 2.24. The number of hydrogen-bond donors (Lipinski definition) is 0. The second kappa shape index (κ2) is 10.2. The van der Waals surface area contributed by atoms with Gasteiger partial charge in [0.1, 0.15) is 5.75 Å². The molecule has 144 valence electrons. The van der Waals surface area contributed by atoms with Crippen LogP contribution in [0.2, 0.25) is 0 Å². The molecule has 1 unspecified atom stereocenters. The fraction of sp³-hybridized carbons (Fsp3) is 0.600. The van der Waals surface area contributed by atoms with Gasteiger partial charge in [0.2, 0.25) is 0 Å². The molecule has 0 N–H and O–H groups in total. The molecule has 0 aliphatic carbocycles. The van der Waals surface area contributed by atoms with Gasteiger partial charge < -0.3 is 19.1 Å². The molecule has 26 heavy (non-hydrogen) atoms. The molecule has 1 amide bonds. The first-order valence-electron chi connectivity index (χ1n) is 9.32. The Labute approximate surface area is 155 Å². The molecule has 6 nitrogen and oxygen atoms in total. The average Bonchev–Trinajstić information content (AvgIpc) is 3.11. The molecule has 0 bridgehead atoms. The van der Waals surface area contributed by atoms with E-state index in [0.717, 1.165) is 25.2 Å². The lowest BCUT2D eigenvalue weighted by Crippen LogP contribution is -2.39. The van der Waals surface area contributed by atoms with Crippen molar-refractivity contribution in [3.8, 4) is 5.75 Å². The van der Waals surface area contributed by atoms with Gasteiger partial charge in [0.15, 0.2) is 0 Å². The average molecular weight is 363 g/mol. The van der Waals surface area contributed by atoms with Gasteiger partial charge >= 0.3 is 5.97 Å². The molecule has 1 aliphatic rings. The molecule has 0 spiro atoms. The van der Waals surface area contributed by atoms with Crippen molar-refractivity contribution in [2.24, 2.45) is 0 Å². The minimum Gasteiger partial charge on any atom is -0.491 e. The normalized spacial score (nSPS) is 16.5. The Balaban J connectivity index is 2.03. The summed E-state index contributed by atoms with van der Waals surface area (Å²) in [5.74, 6) is 0.327. The van der Waals surface area contributed by atoms with Crippen LogP contribution in [0, 0.1) is 0 Å². The molecule has 0 saturated carbocycles. The van der Waals surface area contributed by atoms with Crippen LogP contribution >= 0.6 is 0 Å². The van der Waals surface area contributed by atoms with Crippen LogP contribution in [-0.4, -0.2) is 55.3 Å². The largest absolute Gasteiger partial charge is 0.491 e. The fourth-order valence-corrected chi connectivity index (χ4v) is 2.90. The van der Waals surface area contributed by atoms with E-state index in [4.69, 9.17) is 14.2 Å². The zero-order valence-corrected chi connectivity index (χ0v) is 15.9. The van der Waals surface area contributed by atoms with Crippen molar-refractivity contribution in [1.82, 2.24) is 4.90 Å². The highest BCUT2D eigenvalue weighted by Crippen LogP contribution is 2.18. The van der Waals surface area contributed by atoms with Crippen LogP contribution in [0.15, 0.2) is 24.3 Å². The lowest BCUT2D eigenvalue weighted by atomic mass is 10.1. The van der Waals surface area contributed by atoms with E-state index >= 15 is 0 Å². The Morgan fingerprint density at radius 3 is 2.58 bits per heavy atom. The van der Waals surface area contributed by atoms with Crippen LogP contribution in [0.5, 0.6) is 5.75 Å². The maximum atomic E-state index is 12.9. The molecule has 1 aliphatic heterocycles. The van der Waals surface area contributed by atoms with Crippen LogP contribution in [-0.2, 0) is 14.3 Å². The summed E-state index contributed by atoms with van der Waals surface area (Å²) < 4.78 is 16.2. The molecule has 1 aromatic carbocycles. The van der Waals surface area contributed by atoms with E-state index in [0.29, 0.717) is 25.3 Å². The van der Waals surface area contributed by atoms with Crippen molar-refractivity contribution in [2.75, 3.05) is 26.3 Å². The van der Waals surface area contributed by atoms with Crippen LogP contribution in [0.3, 0.4) is 0 Å². The number of carbonyl (C=O) groups excluding carboxylic acids is 2. The lowest BCUT2D eigenvalue weighted by Gasteiger charge is -2.25. The molecule has 0 aromatic heterocycles. The first-order valence-corrected chi connectivity index (χ1v) is 9.32. The van der Waals surface area contributed by atoms with Crippen molar-refractivity contribution in [2.45, 2.75) is 52.2 Å². The third kappa shape index (κ3) is 6.33. The second-order valence-corrected chi connectivity index (χ2v) is 6.63. The SMILES string of the molecule is CCOC(=O)CCN(CC1CCCO1)C(=O)c1ccc(OC(C)C)cc1. The van der Waals surface area contributed by atoms with Crippen LogP contribution in [0.1, 0.15) is 50.4 Å². The smallest absolute Gasteiger partial charge is 0.307 e. The van der Waals surface area contributed by atoms with Gasteiger partial charge in [0.05, 0.1) is 25.2 Å². The van der Waals surface area contributed by atoms with Crippen molar-refractivity contribution in [1.29, 1.82) is 0 Å². The van der Waals surface area contributed by atoms with E-state index in [1.54, 1.807) is 36.1 Å². The van der Waals surface area contributed by atoms with E-state index in [-0.39, 0.29) is 30.5 Å². The summed E-state index contributed by atoms with van der Waals surface area (Å²) in [4.78, 5) is 26.3. The number of esters is 1.